The summed E-state index contributed by atoms with van der Waals surface area (Å²) >= 11 is 0. The maximum absolute atomic E-state index is 2.51. The van der Waals surface area contributed by atoms with E-state index in [2.05, 4.69) is 13.8 Å². The second kappa shape index (κ2) is 2.50. The molecule has 3 unspecified atom stereocenters. The summed E-state index contributed by atoms with van der Waals surface area (Å²) in [5.74, 6) is 2.11. The lowest BCUT2D eigenvalue weighted by atomic mass is 9.80. The Bertz CT molecular complexity index is 150. The summed E-state index contributed by atoms with van der Waals surface area (Å²) in [5.41, 5.74) is 0.751. The molecule has 3 atom stereocenters. The summed E-state index contributed by atoms with van der Waals surface area (Å²) in [7, 11) is 0. The third kappa shape index (κ3) is 1.45. The zero-order valence-corrected chi connectivity index (χ0v) is 7.90. The van der Waals surface area contributed by atoms with Gasteiger partial charge in [-0.2, -0.15) is 0 Å². The molecule has 2 saturated carbocycles. The van der Waals surface area contributed by atoms with Gasteiger partial charge in [-0.3, -0.25) is 0 Å². The normalized spacial score (nSPS) is 50.7. The van der Waals surface area contributed by atoms with E-state index in [1.165, 1.54) is 38.5 Å². The zero-order chi connectivity index (χ0) is 7.90. The quantitative estimate of drug-likeness (QED) is 0.497. The third-order valence-corrected chi connectivity index (χ3v) is 3.85. The molecule has 0 heteroatoms. The highest BCUT2D eigenvalue weighted by molar-refractivity contribution is 4.89. The van der Waals surface area contributed by atoms with Gasteiger partial charge in [0.25, 0.3) is 0 Å². The molecule has 2 bridgehead atoms. The molecule has 0 N–H and O–H groups in total. The second-order valence-corrected chi connectivity index (χ2v) is 5.31. The Balaban J connectivity index is 2.10. The molecule has 2 aliphatic carbocycles. The first-order valence-corrected chi connectivity index (χ1v) is 5.18. The number of fused-ring (bicyclic) bond motifs is 2. The summed E-state index contributed by atoms with van der Waals surface area (Å²) in [6.07, 6.45) is 9.11. The van der Waals surface area contributed by atoms with Gasteiger partial charge < -0.3 is 0 Å². The van der Waals surface area contributed by atoms with Gasteiger partial charge in [-0.1, -0.05) is 26.7 Å². The first kappa shape index (κ1) is 7.64. The summed E-state index contributed by atoms with van der Waals surface area (Å²) in [6, 6.07) is 0. The standard InChI is InChI=1S/C11H20/c1-9-3-4-10-5-6-11(2,7-9)8-10/h9-10H,3-8H2,1-2H3. The van der Waals surface area contributed by atoms with E-state index in [9.17, 15) is 0 Å². The minimum atomic E-state index is 0.751. The van der Waals surface area contributed by atoms with Crippen LogP contribution >= 0.6 is 0 Å². The van der Waals surface area contributed by atoms with E-state index in [1.807, 2.05) is 0 Å². The molecule has 0 saturated heterocycles. The topological polar surface area (TPSA) is 0 Å². The lowest BCUT2D eigenvalue weighted by Crippen LogP contribution is -2.13. The summed E-state index contributed by atoms with van der Waals surface area (Å²) in [6.45, 7) is 4.95. The molecule has 11 heavy (non-hydrogen) atoms. The van der Waals surface area contributed by atoms with Crippen LogP contribution in [0.3, 0.4) is 0 Å². The molecule has 2 fully saturated rings. The molecule has 2 rings (SSSR count). The van der Waals surface area contributed by atoms with Gasteiger partial charge >= 0.3 is 0 Å². The average Bonchev–Trinajstić information content (AvgIpc) is 2.19. The van der Waals surface area contributed by atoms with E-state index < -0.39 is 0 Å². The first-order valence-electron chi connectivity index (χ1n) is 5.18. The molecule has 64 valence electrons. The van der Waals surface area contributed by atoms with Gasteiger partial charge in [0.15, 0.2) is 0 Å². The smallest absolute Gasteiger partial charge is 0.0321 e. The Morgan fingerprint density at radius 1 is 1.09 bits per heavy atom. The average molecular weight is 152 g/mol. The van der Waals surface area contributed by atoms with Crippen molar-refractivity contribution in [1.82, 2.24) is 0 Å². The van der Waals surface area contributed by atoms with Crippen molar-refractivity contribution in [2.45, 2.75) is 52.4 Å². The molecule has 0 aromatic carbocycles. The van der Waals surface area contributed by atoms with Crippen molar-refractivity contribution >= 4 is 0 Å². The molecule has 2 aliphatic rings. The SMILES string of the molecule is CC1CCC2CCC(C)(C1)C2. The Hall–Kier alpha value is 0. The van der Waals surface area contributed by atoms with Gasteiger partial charge in [0, 0.05) is 0 Å². The number of hydrogen-bond acceptors (Lipinski definition) is 0. The van der Waals surface area contributed by atoms with E-state index in [0.717, 1.165) is 17.3 Å². The highest BCUT2D eigenvalue weighted by Gasteiger charge is 2.38. The lowest BCUT2D eigenvalue weighted by molar-refractivity contribution is 0.262. The first-order chi connectivity index (χ1) is 5.18. The molecular formula is C11H20. The summed E-state index contributed by atoms with van der Waals surface area (Å²) in [5, 5.41) is 0. The van der Waals surface area contributed by atoms with Crippen molar-refractivity contribution in [2.24, 2.45) is 17.3 Å². The predicted molar refractivity (Wildman–Crippen MR) is 48.5 cm³/mol. The summed E-state index contributed by atoms with van der Waals surface area (Å²) in [4.78, 5) is 0. The van der Waals surface area contributed by atoms with Gasteiger partial charge in [0.05, 0.1) is 0 Å². The van der Waals surface area contributed by atoms with Gasteiger partial charge in [0.2, 0.25) is 0 Å². The van der Waals surface area contributed by atoms with Crippen LogP contribution in [0.4, 0.5) is 0 Å². The van der Waals surface area contributed by atoms with Gasteiger partial charge in [-0.15, -0.1) is 0 Å². The van der Waals surface area contributed by atoms with Crippen LogP contribution in [0.1, 0.15) is 52.4 Å². The maximum Gasteiger partial charge on any atom is -0.0321 e. The molecule has 0 heterocycles. The van der Waals surface area contributed by atoms with E-state index in [-0.39, 0.29) is 0 Å². The van der Waals surface area contributed by atoms with Crippen molar-refractivity contribution in [1.29, 1.82) is 0 Å². The second-order valence-electron chi connectivity index (χ2n) is 5.31. The number of rotatable bonds is 0. The molecule has 0 nitrogen and oxygen atoms in total. The van der Waals surface area contributed by atoms with Crippen LogP contribution in [0.25, 0.3) is 0 Å². The molecule has 0 spiro atoms. The molecule has 0 aliphatic heterocycles. The van der Waals surface area contributed by atoms with E-state index in [4.69, 9.17) is 0 Å². The molecule has 0 aromatic heterocycles. The zero-order valence-electron chi connectivity index (χ0n) is 7.90. The largest absolute Gasteiger partial charge is 0.0625 e. The Morgan fingerprint density at radius 3 is 2.73 bits per heavy atom. The fourth-order valence-electron chi connectivity index (χ4n) is 3.35. The molecule has 0 aromatic rings. The Morgan fingerprint density at radius 2 is 1.91 bits per heavy atom. The summed E-state index contributed by atoms with van der Waals surface area (Å²) < 4.78 is 0. The maximum atomic E-state index is 2.51. The van der Waals surface area contributed by atoms with Crippen molar-refractivity contribution in [3.63, 3.8) is 0 Å². The Kier molecular flexibility index (Phi) is 1.74. The third-order valence-electron chi connectivity index (χ3n) is 3.85. The molecule has 0 amide bonds. The van der Waals surface area contributed by atoms with Crippen molar-refractivity contribution in [2.75, 3.05) is 0 Å². The van der Waals surface area contributed by atoms with Crippen LogP contribution in [0.5, 0.6) is 0 Å². The van der Waals surface area contributed by atoms with Crippen molar-refractivity contribution < 1.29 is 0 Å². The van der Waals surface area contributed by atoms with Crippen LogP contribution in [-0.2, 0) is 0 Å². The van der Waals surface area contributed by atoms with E-state index in [1.54, 1.807) is 0 Å². The minimum absolute atomic E-state index is 0.751. The van der Waals surface area contributed by atoms with Gasteiger partial charge in [-0.25, -0.2) is 0 Å². The fourth-order valence-corrected chi connectivity index (χ4v) is 3.35. The number of hydrogen-bond donors (Lipinski definition) is 0. The van der Waals surface area contributed by atoms with E-state index >= 15 is 0 Å². The van der Waals surface area contributed by atoms with Crippen LogP contribution in [-0.4, -0.2) is 0 Å². The molecular weight excluding hydrogens is 132 g/mol. The Labute approximate surface area is 70.4 Å². The highest BCUT2D eigenvalue weighted by Crippen LogP contribution is 2.50. The monoisotopic (exact) mass is 152 g/mol. The van der Waals surface area contributed by atoms with Crippen LogP contribution in [0, 0.1) is 17.3 Å². The lowest BCUT2D eigenvalue weighted by Gasteiger charge is -2.25. The highest BCUT2D eigenvalue weighted by atomic mass is 14.4. The fraction of sp³-hybridized carbons (Fsp3) is 1.00. The van der Waals surface area contributed by atoms with Gasteiger partial charge in [0.1, 0.15) is 0 Å². The van der Waals surface area contributed by atoms with Crippen molar-refractivity contribution in [3.8, 4) is 0 Å². The van der Waals surface area contributed by atoms with Crippen LogP contribution < -0.4 is 0 Å². The molecule has 0 radical (unpaired) electrons. The van der Waals surface area contributed by atoms with Crippen molar-refractivity contribution in [3.05, 3.63) is 0 Å². The van der Waals surface area contributed by atoms with Crippen LogP contribution in [0.2, 0.25) is 0 Å². The minimum Gasteiger partial charge on any atom is -0.0625 e. The van der Waals surface area contributed by atoms with E-state index in [0.29, 0.717) is 0 Å². The van der Waals surface area contributed by atoms with Gasteiger partial charge in [-0.05, 0) is 42.9 Å². The van der Waals surface area contributed by atoms with Crippen LogP contribution in [0.15, 0.2) is 0 Å². The predicted octanol–water partition coefficient (Wildman–Crippen LogP) is 3.61.